The Labute approximate surface area is 145 Å². The number of rotatable bonds is 10. The molecule has 1 aromatic carbocycles. The molecule has 1 atom stereocenters. The van der Waals surface area contributed by atoms with Crippen molar-refractivity contribution >= 4 is 23.4 Å². The molecule has 1 aromatic rings. The van der Waals surface area contributed by atoms with Crippen LogP contribution >= 0.6 is 11.6 Å². The van der Waals surface area contributed by atoms with Crippen LogP contribution in [-0.4, -0.2) is 46.5 Å². The van der Waals surface area contributed by atoms with Gasteiger partial charge in [0.25, 0.3) is 0 Å². The van der Waals surface area contributed by atoms with Gasteiger partial charge in [0, 0.05) is 17.4 Å². The van der Waals surface area contributed by atoms with Gasteiger partial charge in [0.2, 0.25) is 11.8 Å². The van der Waals surface area contributed by atoms with E-state index < -0.39 is 37.0 Å². The fourth-order valence-corrected chi connectivity index (χ4v) is 2.39. The third-order valence-electron chi connectivity index (χ3n) is 3.65. The zero-order valence-corrected chi connectivity index (χ0v) is 14.0. The molecule has 24 heavy (non-hydrogen) atoms. The summed E-state index contributed by atoms with van der Waals surface area (Å²) in [6, 6.07) is 6.59. The van der Waals surface area contributed by atoms with Gasteiger partial charge in [-0.05, 0) is 37.0 Å². The van der Waals surface area contributed by atoms with Crippen LogP contribution in [0, 0.1) is 5.92 Å². The van der Waals surface area contributed by atoms with Crippen molar-refractivity contribution in [1.29, 1.82) is 0 Å². The van der Waals surface area contributed by atoms with Crippen molar-refractivity contribution in [2.24, 2.45) is 5.92 Å². The molecule has 0 radical (unpaired) electrons. The minimum absolute atomic E-state index is 0.174. The number of hydrogen-bond donors (Lipinski definition) is 5. The summed E-state index contributed by atoms with van der Waals surface area (Å²) < 4.78 is 0. The smallest absolute Gasteiger partial charge is 0.244 e. The first kappa shape index (κ1) is 20.4. The van der Waals surface area contributed by atoms with E-state index >= 15 is 0 Å². The number of amides is 2. The second-order valence-electron chi connectivity index (χ2n) is 5.53. The Hall–Kier alpha value is -1.67. The minimum Gasteiger partial charge on any atom is -0.394 e. The predicted octanol–water partition coefficient (Wildman–Crippen LogP) is 0.644. The molecule has 0 fully saturated rings. The highest BCUT2D eigenvalue weighted by molar-refractivity contribution is 6.30. The van der Waals surface area contributed by atoms with Gasteiger partial charge in [-0.1, -0.05) is 23.7 Å². The van der Waals surface area contributed by atoms with E-state index in [4.69, 9.17) is 27.0 Å². The normalized spacial score (nSPS) is 12.0. The number of nitrogens with one attached hydrogen (secondary N) is 2. The van der Waals surface area contributed by atoms with E-state index in [0.717, 1.165) is 5.56 Å². The second-order valence-corrected chi connectivity index (χ2v) is 5.96. The first-order valence-electron chi connectivity index (χ1n) is 7.69. The standard InChI is InChI=1S/C16H23ClN2O5/c17-13-6-4-11(5-7-13)2-1-3-12(8-15(22)19-24)16(23)18-14(9-20)10-21/h4-7,12,14,20-21,24H,1-3,8-10H2,(H,18,23)(H,19,22)/t12-/m1/s1. The molecule has 0 unspecified atom stereocenters. The van der Waals surface area contributed by atoms with E-state index in [2.05, 4.69) is 5.32 Å². The zero-order chi connectivity index (χ0) is 17.9. The van der Waals surface area contributed by atoms with Crippen molar-refractivity contribution in [2.45, 2.75) is 31.7 Å². The summed E-state index contributed by atoms with van der Waals surface area (Å²) in [6.45, 7) is -0.794. The van der Waals surface area contributed by atoms with Crippen LogP contribution in [0.1, 0.15) is 24.8 Å². The molecule has 0 bridgehead atoms. The van der Waals surface area contributed by atoms with Gasteiger partial charge >= 0.3 is 0 Å². The highest BCUT2D eigenvalue weighted by Crippen LogP contribution is 2.16. The maximum atomic E-state index is 12.2. The Morgan fingerprint density at radius 3 is 2.29 bits per heavy atom. The molecule has 0 aliphatic rings. The Bertz CT molecular complexity index is 520. The average molecular weight is 359 g/mol. The van der Waals surface area contributed by atoms with Crippen LogP contribution in [0.5, 0.6) is 0 Å². The summed E-state index contributed by atoms with van der Waals surface area (Å²) in [4.78, 5) is 23.6. The topological polar surface area (TPSA) is 119 Å². The number of carbonyl (C=O) groups excluding carboxylic acids is 2. The van der Waals surface area contributed by atoms with Crippen molar-refractivity contribution in [3.8, 4) is 0 Å². The quantitative estimate of drug-likeness (QED) is 0.311. The van der Waals surface area contributed by atoms with Crippen molar-refractivity contribution < 1.29 is 25.0 Å². The van der Waals surface area contributed by atoms with Crippen LogP contribution < -0.4 is 10.8 Å². The number of benzene rings is 1. The fraction of sp³-hybridized carbons (Fsp3) is 0.500. The average Bonchev–Trinajstić information content (AvgIpc) is 2.59. The van der Waals surface area contributed by atoms with Gasteiger partial charge in [-0.25, -0.2) is 5.48 Å². The predicted molar refractivity (Wildman–Crippen MR) is 88.5 cm³/mol. The third-order valence-corrected chi connectivity index (χ3v) is 3.90. The van der Waals surface area contributed by atoms with Gasteiger partial charge in [0.15, 0.2) is 0 Å². The number of aliphatic hydroxyl groups is 2. The first-order valence-corrected chi connectivity index (χ1v) is 8.07. The zero-order valence-electron chi connectivity index (χ0n) is 13.2. The number of halogens is 1. The molecule has 0 heterocycles. The maximum Gasteiger partial charge on any atom is 0.244 e. The van der Waals surface area contributed by atoms with E-state index in [1.165, 1.54) is 5.48 Å². The Morgan fingerprint density at radius 2 is 1.75 bits per heavy atom. The van der Waals surface area contributed by atoms with E-state index in [-0.39, 0.29) is 6.42 Å². The molecule has 0 saturated carbocycles. The molecule has 7 nitrogen and oxygen atoms in total. The van der Waals surface area contributed by atoms with Gasteiger partial charge in [0.05, 0.1) is 19.3 Å². The number of aliphatic hydroxyl groups excluding tert-OH is 2. The summed E-state index contributed by atoms with van der Waals surface area (Å²) in [5.74, 6) is -1.76. The number of hydroxylamine groups is 1. The maximum absolute atomic E-state index is 12.2. The van der Waals surface area contributed by atoms with Crippen LogP contribution in [0.3, 0.4) is 0 Å². The molecule has 8 heteroatoms. The highest BCUT2D eigenvalue weighted by Gasteiger charge is 2.23. The van der Waals surface area contributed by atoms with Gasteiger partial charge in [-0.15, -0.1) is 0 Å². The molecule has 2 amide bonds. The SMILES string of the molecule is O=C(C[C@@H](CCCc1ccc(Cl)cc1)C(=O)NC(CO)CO)NO. The van der Waals surface area contributed by atoms with Crippen LogP contribution in [0.4, 0.5) is 0 Å². The van der Waals surface area contributed by atoms with Crippen LogP contribution in [0.15, 0.2) is 24.3 Å². The fourth-order valence-electron chi connectivity index (χ4n) is 2.27. The summed E-state index contributed by atoms with van der Waals surface area (Å²) in [5, 5.41) is 29.8. The van der Waals surface area contributed by atoms with E-state index in [0.29, 0.717) is 24.3 Å². The lowest BCUT2D eigenvalue weighted by Crippen LogP contribution is -2.44. The first-order chi connectivity index (χ1) is 11.5. The summed E-state index contributed by atoms with van der Waals surface area (Å²) in [7, 11) is 0. The molecule has 0 aliphatic carbocycles. The van der Waals surface area contributed by atoms with Crippen molar-refractivity contribution in [1.82, 2.24) is 10.8 Å². The van der Waals surface area contributed by atoms with Gasteiger partial charge in [0.1, 0.15) is 0 Å². The second kappa shape index (κ2) is 11.0. The number of aryl methyl sites for hydroxylation is 1. The van der Waals surface area contributed by atoms with Crippen molar-refractivity contribution in [2.75, 3.05) is 13.2 Å². The number of hydrogen-bond acceptors (Lipinski definition) is 5. The number of carbonyl (C=O) groups is 2. The Balaban J connectivity index is 2.59. The summed E-state index contributed by atoms with van der Waals surface area (Å²) in [6.07, 6.45) is 1.62. The van der Waals surface area contributed by atoms with Crippen molar-refractivity contribution in [3.05, 3.63) is 34.9 Å². The largest absolute Gasteiger partial charge is 0.394 e. The molecule has 0 saturated heterocycles. The Kier molecular flexibility index (Phi) is 9.33. The third kappa shape index (κ3) is 7.27. The lowest BCUT2D eigenvalue weighted by molar-refractivity contribution is -0.135. The highest BCUT2D eigenvalue weighted by atomic mass is 35.5. The molecular weight excluding hydrogens is 336 g/mol. The minimum atomic E-state index is -0.770. The molecule has 134 valence electrons. The lowest BCUT2D eigenvalue weighted by Gasteiger charge is -2.19. The summed E-state index contributed by atoms with van der Waals surface area (Å²) in [5.41, 5.74) is 2.58. The van der Waals surface area contributed by atoms with E-state index in [9.17, 15) is 9.59 Å². The van der Waals surface area contributed by atoms with E-state index in [1.807, 2.05) is 12.1 Å². The molecule has 1 rings (SSSR count). The van der Waals surface area contributed by atoms with Gasteiger partial charge < -0.3 is 15.5 Å². The molecule has 0 aromatic heterocycles. The lowest BCUT2D eigenvalue weighted by atomic mass is 9.95. The molecular formula is C16H23ClN2O5. The summed E-state index contributed by atoms with van der Waals surface area (Å²) >= 11 is 5.82. The van der Waals surface area contributed by atoms with Crippen LogP contribution in [-0.2, 0) is 16.0 Å². The van der Waals surface area contributed by atoms with E-state index in [1.54, 1.807) is 12.1 Å². The van der Waals surface area contributed by atoms with Crippen LogP contribution in [0.25, 0.3) is 0 Å². The van der Waals surface area contributed by atoms with Crippen LogP contribution in [0.2, 0.25) is 5.02 Å². The molecule has 0 spiro atoms. The monoisotopic (exact) mass is 358 g/mol. The van der Waals surface area contributed by atoms with Gasteiger partial charge in [-0.2, -0.15) is 0 Å². The Morgan fingerprint density at radius 1 is 1.12 bits per heavy atom. The van der Waals surface area contributed by atoms with Gasteiger partial charge in [-0.3, -0.25) is 14.8 Å². The van der Waals surface area contributed by atoms with Crippen molar-refractivity contribution in [3.63, 3.8) is 0 Å². The molecule has 5 N–H and O–H groups in total. The molecule has 0 aliphatic heterocycles.